The first-order valence-corrected chi connectivity index (χ1v) is 8.09. The molecule has 2 unspecified atom stereocenters. The first-order valence-electron chi connectivity index (χ1n) is 8.09. The zero-order valence-corrected chi connectivity index (χ0v) is 13.6. The Morgan fingerprint density at radius 2 is 2.05 bits per heavy atom. The Kier molecular flexibility index (Phi) is 6.22. The van der Waals surface area contributed by atoms with E-state index >= 15 is 0 Å². The van der Waals surface area contributed by atoms with E-state index < -0.39 is 0 Å². The Hall–Kier alpha value is -0.900. The number of aryl methyl sites for hydroxylation is 1. The van der Waals surface area contributed by atoms with E-state index in [1.165, 1.54) is 11.1 Å². The van der Waals surface area contributed by atoms with Crippen molar-refractivity contribution in [3.05, 3.63) is 35.4 Å². The summed E-state index contributed by atoms with van der Waals surface area (Å²) in [5.41, 5.74) is 2.72. The predicted molar refractivity (Wildman–Crippen MR) is 86.5 cm³/mol. The highest BCUT2D eigenvalue weighted by atomic mass is 16.5. The number of aliphatic hydroxyl groups excluding tert-OH is 1. The van der Waals surface area contributed by atoms with Crippen LogP contribution < -0.4 is 0 Å². The summed E-state index contributed by atoms with van der Waals surface area (Å²) in [4.78, 5) is 2.47. The van der Waals surface area contributed by atoms with E-state index in [1.807, 2.05) is 0 Å². The van der Waals surface area contributed by atoms with Crippen LogP contribution in [0.3, 0.4) is 0 Å². The molecule has 0 bridgehead atoms. The lowest BCUT2D eigenvalue weighted by atomic mass is 9.98. The van der Waals surface area contributed by atoms with Crippen molar-refractivity contribution in [1.29, 1.82) is 0 Å². The van der Waals surface area contributed by atoms with E-state index in [-0.39, 0.29) is 12.7 Å². The second-order valence-electron chi connectivity index (χ2n) is 6.58. The van der Waals surface area contributed by atoms with Crippen molar-refractivity contribution in [2.24, 2.45) is 11.8 Å². The molecule has 3 nitrogen and oxygen atoms in total. The van der Waals surface area contributed by atoms with Crippen molar-refractivity contribution in [1.82, 2.24) is 4.90 Å². The van der Waals surface area contributed by atoms with Crippen LogP contribution in [-0.2, 0) is 11.2 Å². The van der Waals surface area contributed by atoms with Gasteiger partial charge in [0.25, 0.3) is 0 Å². The van der Waals surface area contributed by atoms with Gasteiger partial charge >= 0.3 is 0 Å². The van der Waals surface area contributed by atoms with Crippen LogP contribution >= 0.6 is 0 Å². The molecule has 3 heteroatoms. The Balaban J connectivity index is 1.82. The normalized spacial score (nSPS) is 23.1. The van der Waals surface area contributed by atoms with Crippen LogP contribution in [0.25, 0.3) is 0 Å². The molecule has 0 aromatic heterocycles. The average Bonchev–Trinajstić information content (AvgIpc) is 2.85. The number of likely N-dealkylation sites (tertiary alicyclic amines) is 1. The minimum absolute atomic E-state index is 0.269. The summed E-state index contributed by atoms with van der Waals surface area (Å²) in [6, 6.07) is 8.73. The van der Waals surface area contributed by atoms with E-state index in [9.17, 15) is 5.11 Å². The second kappa shape index (κ2) is 7.92. The third-order valence-corrected chi connectivity index (χ3v) is 4.33. The highest BCUT2D eigenvalue weighted by Gasteiger charge is 2.32. The molecule has 0 amide bonds. The van der Waals surface area contributed by atoms with Crippen molar-refractivity contribution in [3.8, 4) is 0 Å². The number of nitrogens with zero attached hydrogens (tertiary/aromatic N) is 1. The lowest BCUT2D eigenvalue weighted by molar-refractivity contribution is 0.0365. The lowest BCUT2D eigenvalue weighted by Crippen LogP contribution is -2.24. The van der Waals surface area contributed by atoms with Gasteiger partial charge in [-0.1, -0.05) is 29.8 Å². The smallest absolute Gasteiger partial charge is 0.0519 e. The fourth-order valence-electron chi connectivity index (χ4n) is 3.09. The number of hydrogen-bond acceptors (Lipinski definition) is 3. The van der Waals surface area contributed by atoms with Gasteiger partial charge in [-0.15, -0.1) is 0 Å². The molecular formula is C18H29NO2. The van der Waals surface area contributed by atoms with Gasteiger partial charge in [0.2, 0.25) is 0 Å². The standard InChI is InChI=1S/C18H29NO2/c1-14(2)21-13-18-11-19(10-17(18)12-20)8-7-16-6-4-5-15(3)9-16/h4-6,9,14,17-18,20H,7-8,10-13H2,1-3H3. The summed E-state index contributed by atoms with van der Waals surface area (Å²) < 4.78 is 5.75. The molecule has 0 aliphatic carbocycles. The summed E-state index contributed by atoms with van der Waals surface area (Å²) in [5, 5.41) is 9.56. The Bertz CT molecular complexity index is 433. The third-order valence-electron chi connectivity index (χ3n) is 4.33. The molecule has 1 aliphatic heterocycles. The van der Waals surface area contributed by atoms with Crippen LogP contribution in [-0.4, -0.2) is 49.0 Å². The molecule has 0 spiro atoms. The molecule has 1 N–H and O–H groups in total. The van der Waals surface area contributed by atoms with Gasteiger partial charge in [-0.25, -0.2) is 0 Å². The van der Waals surface area contributed by atoms with Gasteiger partial charge in [0.05, 0.1) is 12.7 Å². The highest BCUT2D eigenvalue weighted by Crippen LogP contribution is 2.24. The highest BCUT2D eigenvalue weighted by molar-refractivity contribution is 5.22. The van der Waals surface area contributed by atoms with Gasteiger partial charge < -0.3 is 14.7 Å². The molecule has 2 rings (SSSR count). The molecule has 2 atom stereocenters. The number of hydrogen-bond donors (Lipinski definition) is 1. The number of aliphatic hydroxyl groups is 1. The second-order valence-corrected chi connectivity index (χ2v) is 6.58. The fourth-order valence-corrected chi connectivity index (χ4v) is 3.09. The van der Waals surface area contributed by atoms with Gasteiger partial charge in [0.15, 0.2) is 0 Å². The van der Waals surface area contributed by atoms with E-state index in [2.05, 4.69) is 49.9 Å². The van der Waals surface area contributed by atoms with E-state index in [0.29, 0.717) is 11.8 Å². The van der Waals surface area contributed by atoms with Crippen LogP contribution in [0.4, 0.5) is 0 Å². The Morgan fingerprint density at radius 1 is 1.29 bits per heavy atom. The Labute approximate surface area is 128 Å². The quantitative estimate of drug-likeness (QED) is 0.838. The fraction of sp³-hybridized carbons (Fsp3) is 0.667. The summed E-state index contributed by atoms with van der Waals surface area (Å²) in [5.74, 6) is 0.830. The van der Waals surface area contributed by atoms with Crippen molar-refractivity contribution in [3.63, 3.8) is 0 Å². The third kappa shape index (κ3) is 5.10. The largest absolute Gasteiger partial charge is 0.396 e. The van der Waals surface area contributed by atoms with Crippen molar-refractivity contribution in [2.45, 2.75) is 33.3 Å². The monoisotopic (exact) mass is 291 g/mol. The summed E-state index contributed by atoms with van der Waals surface area (Å²) in [6.07, 6.45) is 1.35. The topological polar surface area (TPSA) is 32.7 Å². The molecular weight excluding hydrogens is 262 g/mol. The molecule has 21 heavy (non-hydrogen) atoms. The molecule has 1 saturated heterocycles. The Morgan fingerprint density at radius 3 is 2.71 bits per heavy atom. The molecule has 1 heterocycles. The summed E-state index contributed by atoms with van der Waals surface area (Å²) in [6.45, 7) is 10.4. The van der Waals surface area contributed by atoms with Crippen LogP contribution in [0.15, 0.2) is 24.3 Å². The van der Waals surface area contributed by atoms with Gasteiger partial charge in [0, 0.05) is 38.1 Å². The number of benzene rings is 1. The molecule has 0 saturated carbocycles. The van der Waals surface area contributed by atoms with Crippen LogP contribution in [0.1, 0.15) is 25.0 Å². The van der Waals surface area contributed by atoms with Gasteiger partial charge in [-0.05, 0) is 32.8 Å². The lowest BCUT2D eigenvalue weighted by Gasteiger charge is -2.18. The molecule has 1 aromatic rings. The summed E-state index contributed by atoms with van der Waals surface area (Å²) >= 11 is 0. The van der Waals surface area contributed by atoms with E-state index in [0.717, 1.165) is 32.7 Å². The molecule has 1 fully saturated rings. The van der Waals surface area contributed by atoms with Crippen molar-refractivity contribution >= 4 is 0 Å². The average molecular weight is 291 g/mol. The SMILES string of the molecule is Cc1cccc(CCN2CC(CO)C(COC(C)C)C2)c1. The zero-order chi connectivity index (χ0) is 15.2. The van der Waals surface area contributed by atoms with Crippen molar-refractivity contribution < 1.29 is 9.84 Å². The minimum Gasteiger partial charge on any atom is -0.396 e. The molecule has 0 radical (unpaired) electrons. The zero-order valence-electron chi connectivity index (χ0n) is 13.6. The van der Waals surface area contributed by atoms with Crippen LogP contribution in [0.5, 0.6) is 0 Å². The number of rotatable bonds is 7. The molecule has 118 valence electrons. The number of ether oxygens (including phenoxy) is 1. The van der Waals surface area contributed by atoms with E-state index in [1.54, 1.807) is 0 Å². The first kappa shape index (κ1) is 16.5. The van der Waals surface area contributed by atoms with Crippen LogP contribution in [0, 0.1) is 18.8 Å². The van der Waals surface area contributed by atoms with Gasteiger partial charge in [0.1, 0.15) is 0 Å². The predicted octanol–water partition coefficient (Wildman–Crippen LogP) is 2.50. The summed E-state index contributed by atoms with van der Waals surface area (Å²) in [7, 11) is 0. The molecule has 1 aliphatic rings. The van der Waals surface area contributed by atoms with E-state index in [4.69, 9.17) is 4.74 Å². The maximum atomic E-state index is 9.56. The molecule has 1 aromatic carbocycles. The van der Waals surface area contributed by atoms with Crippen LogP contribution in [0.2, 0.25) is 0 Å². The maximum Gasteiger partial charge on any atom is 0.0519 e. The maximum absolute atomic E-state index is 9.56. The van der Waals surface area contributed by atoms with Gasteiger partial charge in [-0.2, -0.15) is 0 Å². The minimum atomic E-state index is 0.269. The van der Waals surface area contributed by atoms with Gasteiger partial charge in [-0.3, -0.25) is 0 Å². The first-order chi connectivity index (χ1) is 10.1. The van der Waals surface area contributed by atoms with Crippen molar-refractivity contribution in [2.75, 3.05) is 32.8 Å².